The lowest BCUT2D eigenvalue weighted by Gasteiger charge is -1.96. The molecular formula is C9H10N4O3. The third kappa shape index (κ3) is 2.44. The summed E-state index contributed by atoms with van der Waals surface area (Å²) < 4.78 is 9.55. The van der Waals surface area contributed by atoms with Gasteiger partial charge in [-0.3, -0.25) is 4.79 Å². The van der Waals surface area contributed by atoms with Crippen LogP contribution in [0.4, 0.5) is 5.82 Å². The second-order valence-corrected chi connectivity index (χ2v) is 3.28. The van der Waals surface area contributed by atoms with Crippen molar-refractivity contribution in [1.82, 2.24) is 15.3 Å². The topological polar surface area (TPSA) is 94.1 Å². The Labute approximate surface area is 90.8 Å². The van der Waals surface area contributed by atoms with Crippen molar-refractivity contribution in [1.29, 1.82) is 0 Å². The van der Waals surface area contributed by atoms with E-state index in [1.807, 2.05) is 0 Å². The van der Waals surface area contributed by atoms with Gasteiger partial charge in [-0.1, -0.05) is 10.3 Å². The molecule has 0 saturated heterocycles. The molecule has 0 radical (unpaired) electrons. The quantitative estimate of drug-likeness (QED) is 0.827. The predicted molar refractivity (Wildman–Crippen MR) is 52.6 cm³/mol. The summed E-state index contributed by atoms with van der Waals surface area (Å²) in [5, 5.41) is 9.80. The number of nitrogens with one attached hydrogen (secondary N) is 1. The summed E-state index contributed by atoms with van der Waals surface area (Å²) in [7, 11) is 0. The van der Waals surface area contributed by atoms with Gasteiger partial charge in [0.1, 0.15) is 5.76 Å². The maximum absolute atomic E-state index is 11.5. The Balaban J connectivity index is 1.94. The minimum atomic E-state index is -0.269. The molecule has 0 atom stereocenters. The monoisotopic (exact) mass is 222 g/mol. The molecule has 0 fully saturated rings. The lowest BCUT2D eigenvalue weighted by molar-refractivity contribution is -0.115. The van der Waals surface area contributed by atoms with E-state index in [1.54, 1.807) is 19.9 Å². The molecule has 0 aliphatic rings. The minimum Gasteiger partial charge on any atom is -0.360 e. The Bertz CT molecular complexity index is 458. The average molecular weight is 222 g/mol. The van der Waals surface area contributed by atoms with Crippen LogP contribution in [0.1, 0.15) is 17.5 Å². The molecule has 0 bridgehead atoms. The number of carbonyl (C=O) groups excluding carboxylic acids is 1. The Hall–Kier alpha value is -2.18. The van der Waals surface area contributed by atoms with E-state index < -0.39 is 0 Å². The molecule has 7 heteroatoms. The highest BCUT2D eigenvalue weighted by atomic mass is 16.5. The first kappa shape index (κ1) is 10.3. The smallest absolute Gasteiger partial charge is 0.233 e. The van der Waals surface area contributed by atoms with Crippen molar-refractivity contribution in [3.05, 3.63) is 23.5 Å². The van der Waals surface area contributed by atoms with Crippen LogP contribution in [0.2, 0.25) is 0 Å². The van der Waals surface area contributed by atoms with Gasteiger partial charge in [0.2, 0.25) is 11.8 Å². The zero-order valence-corrected chi connectivity index (χ0v) is 8.85. The molecule has 0 unspecified atom stereocenters. The number of hydrogen-bond acceptors (Lipinski definition) is 6. The Morgan fingerprint density at radius 2 is 2.19 bits per heavy atom. The van der Waals surface area contributed by atoms with Crippen LogP contribution in [0.15, 0.2) is 15.1 Å². The van der Waals surface area contributed by atoms with E-state index in [0.29, 0.717) is 23.3 Å². The van der Waals surface area contributed by atoms with E-state index in [0.717, 1.165) is 0 Å². The maximum atomic E-state index is 11.5. The van der Waals surface area contributed by atoms with Crippen molar-refractivity contribution >= 4 is 11.7 Å². The molecule has 0 spiro atoms. The number of anilines is 1. The number of carbonyl (C=O) groups is 1. The predicted octanol–water partition coefficient (Wildman–Crippen LogP) is 0.856. The Kier molecular flexibility index (Phi) is 2.67. The molecular weight excluding hydrogens is 212 g/mol. The number of hydrogen-bond donors (Lipinski definition) is 1. The van der Waals surface area contributed by atoms with Gasteiger partial charge >= 0.3 is 0 Å². The first-order valence-electron chi connectivity index (χ1n) is 4.66. The van der Waals surface area contributed by atoms with Crippen LogP contribution < -0.4 is 5.32 Å². The molecule has 2 heterocycles. The summed E-state index contributed by atoms with van der Waals surface area (Å²) in [6.45, 7) is 3.40. The highest BCUT2D eigenvalue weighted by Gasteiger charge is 2.10. The summed E-state index contributed by atoms with van der Waals surface area (Å²) in [6.07, 6.45) is 0.0449. The lowest BCUT2D eigenvalue weighted by Crippen LogP contribution is -2.15. The molecule has 1 amide bonds. The van der Waals surface area contributed by atoms with Gasteiger partial charge in [0.05, 0.1) is 6.42 Å². The third-order valence-corrected chi connectivity index (χ3v) is 1.78. The van der Waals surface area contributed by atoms with Gasteiger partial charge in [-0.25, -0.2) is 0 Å². The SMILES string of the molecule is Cc1cc(NC(=O)Cc2noc(C)n2)no1. The number of nitrogens with zero attached hydrogens (tertiary/aromatic N) is 3. The molecule has 0 aliphatic heterocycles. The Morgan fingerprint density at radius 1 is 1.38 bits per heavy atom. The molecule has 0 saturated carbocycles. The summed E-state index contributed by atoms with van der Waals surface area (Å²) in [5.74, 6) is 1.51. The zero-order valence-electron chi connectivity index (χ0n) is 8.85. The van der Waals surface area contributed by atoms with Crippen molar-refractivity contribution in [3.63, 3.8) is 0 Å². The van der Waals surface area contributed by atoms with Crippen LogP contribution in [0.5, 0.6) is 0 Å². The summed E-state index contributed by atoms with van der Waals surface area (Å²) in [4.78, 5) is 15.4. The standard InChI is InChI=1S/C9H10N4O3/c1-5-3-7(12-15-5)11-9(14)4-8-10-6(2)16-13-8/h3H,4H2,1-2H3,(H,11,12,14). The number of aromatic nitrogens is 3. The normalized spacial score (nSPS) is 10.4. The number of amides is 1. The molecule has 7 nitrogen and oxygen atoms in total. The zero-order chi connectivity index (χ0) is 11.5. The van der Waals surface area contributed by atoms with Crippen molar-refractivity contribution < 1.29 is 13.8 Å². The second kappa shape index (κ2) is 4.13. The van der Waals surface area contributed by atoms with Gasteiger partial charge in [-0.2, -0.15) is 4.98 Å². The molecule has 0 aromatic carbocycles. The average Bonchev–Trinajstić information content (AvgIpc) is 2.76. The molecule has 16 heavy (non-hydrogen) atoms. The molecule has 2 aromatic heterocycles. The second-order valence-electron chi connectivity index (χ2n) is 3.28. The lowest BCUT2D eigenvalue weighted by atomic mass is 10.4. The first-order chi connectivity index (χ1) is 7.63. The highest BCUT2D eigenvalue weighted by molar-refractivity contribution is 5.90. The van der Waals surface area contributed by atoms with Crippen LogP contribution in [-0.2, 0) is 11.2 Å². The van der Waals surface area contributed by atoms with Crippen LogP contribution in [0.25, 0.3) is 0 Å². The van der Waals surface area contributed by atoms with Crippen molar-refractivity contribution in [3.8, 4) is 0 Å². The van der Waals surface area contributed by atoms with E-state index in [4.69, 9.17) is 9.05 Å². The summed E-state index contributed by atoms with van der Waals surface area (Å²) in [5.41, 5.74) is 0. The van der Waals surface area contributed by atoms with Crippen molar-refractivity contribution in [2.75, 3.05) is 5.32 Å². The number of aryl methyl sites for hydroxylation is 2. The van der Waals surface area contributed by atoms with Crippen LogP contribution in [0.3, 0.4) is 0 Å². The fraction of sp³-hybridized carbons (Fsp3) is 0.333. The minimum absolute atomic E-state index is 0.0449. The van der Waals surface area contributed by atoms with E-state index in [1.165, 1.54) is 0 Å². The third-order valence-electron chi connectivity index (χ3n) is 1.78. The first-order valence-corrected chi connectivity index (χ1v) is 4.66. The van der Waals surface area contributed by atoms with Gasteiger partial charge in [-0.15, -0.1) is 0 Å². The Morgan fingerprint density at radius 3 is 2.75 bits per heavy atom. The van der Waals surface area contributed by atoms with Crippen LogP contribution >= 0.6 is 0 Å². The molecule has 1 N–H and O–H groups in total. The van der Waals surface area contributed by atoms with Crippen LogP contribution in [-0.4, -0.2) is 21.2 Å². The molecule has 2 rings (SSSR count). The fourth-order valence-corrected chi connectivity index (χ4v) is 1.17. The van der Waals surface area contributed by atoms with Gasteiger partial charge < -0.3 is 14.4 Å². The van der Waals surface area contributed by atoms with Crippen molar-refractivity contribution in [2.45, 2.75) is 20.3 Å². The van der Waals surface area contributed by atoms with Gasteiger partial charge in [0.25, 0.3) is 0 Å². The largest absolute Gasteiger partial charge is 0.360 e. The van der Waals surface area contributed by atoms with Gasteiger partial charge in [-0.05, 0) is 6.92 Å². The highest BCUT2D eigenvalue weighted by Crippen LogP contribution is 2.07. The van der Waals surface area contributed by atoms with E-state index >= 15 is 0 Å². The van der Waals surface area contributed by atoms with Gasteiger partial charge in [0, 0.05) is 13.0 Å². The number of rotatable bonds is 3. The summed E-state index contributed by atoms with van der Waals surface area (Å²) in [6, 6.07) is 1.62. The molecule has 2 aromatic rings. The van der Waals surface area contributed by atoms with E-state index in [-0.39, 0.29) is 12.3 Å². The molecule has 0 aliphatic carbocycles. The van der Waals surface area contributed by atoms with E-state index in [2.05, 4.69) is 20.6 Å². The fourth-order valence-electron chi connectivity index (χ4n) is 1.17. The van der Waals surface area contributed by atoms with E-state index in [9.17, 15) is 4.79 Å². The van der Waals surface area contributed by atoms with Gasteiger partial charge in [0.15, 0.2) is 11.6 Å². The summed E-state index contributed by atoms with van der Waals surface area (Å²) >= 11 is 0. The maximum Gasteiger partial charge on any atom is 0.233 e. The van der Waals surface area contributed by atoms with Crippen LogP contribution in [0, 0.1) is 13.8 Å². The molecule has 84 valence electrons. The van der Waals surface area contributed by atoms with Crippen molar-refractivity contribution in [2.24, 2.45) is 0 Å².